The number of carbonyl (C=O) groups excluding carboxylic acids is 1. The third-order valence-electron chi connectivity index (χ3n) is 5.57. The second-order valence-corrected chi connectivity index (χ2v) is 9.00. The van der Waals surface area contributed by atoms with Crippen molar-refractivity contribution in [2.45, 2.75) is 17.8 Å². The molecule has 1 spiro atoms. The summed E-state index contributed by atoms with van der Waals surface area (Å²) in [4.78, 5) is 18.6. The number of benzene rings is 1. The van der Waals surface area contributed by atoms with Gasteiger partial charge < -0.3 is 9.84 Å². The van der Waals surface area contributed by atoms with Crippen molar-refractivity contribution in [2.24, 2.45) is 0 Å². The topological polar surface area (TPSA) is 151 Å². The predicted molar refractivity (Wildman–Crippen MR) is 110 cm³/mol. The van der Waals surface area contributed by atoms with Crippen LogP contribution < -0.4 is 4.90 Å². The van der Waals surface area contributed by atoms with Crippen molar-refractivity contribution in [3.8, 4) is 22.6 Å². The van der Waals surface area contributed by atoms with Gasteiger partial charge in [-0.1, -0.05) is 12.6 Å². The summed E-state index contributed by atoms with van der Waals surface area (Å²) in [6.45, 7) is 2.10. The second-order valence-electron chi connectivity index (χ2n) is 7.56. The molecule has 0 aliphatic carbocycles. The van der Waals surface area contributed by atoms with Gasteiger partial charge in [0.2, 0.25) is 5.82 Å². The average molecular weight is 506 g/mol. The zero-order chi connectivity index (χ0) is 24.6. The van der Waals surface area contributed by atoms with Gasteiger partial charge in [0.25, 0.3) is 0 Å². The van der Waals surface area contributed by atoms with Gasteiger partial charge in [-0.05, 0) is 29.5 Å². The lowest BCUT2D eigenvalue weighted by molar-refractivity contribution is -0.282. The number of aliphatic hydroxyl groups excluding tert-OH is 1. The van der Waals surface area contributed by atoms with Crippen molar-refractivity contribution in [1.29, 1.82) is 0 Å². The average Bonchev–Trinajstić information content (AvgIpc) is 3.52. The molecule has 1 aromatic carbocycles. The Kier molecular flexibility index (Phi) is 4.50. The first-order chi connectivity index (χ1) is 16.7. The summed E-state index contributed by atoms with van der Waals surface area (Å²) in [5.74, 6) is -5.44. The van der Waals surface area contributed by atoms with Crippen LogP contribution in [0.25, 0.3) is 28.8 Å². The smallest absolute Gasteiger partial charge is 0.404 e. The second kappa shape index (κ2) is 7.19. The van der Waals surface area contributed by atoms with Crippen molar-refractivity contribution >= 4 is 25.8 Å². The van der Waals surface area contributed by atoms with Gasteiger partial charge in [0, 0.05) is 23.5 Å². The lowest BCUT2D eigenvalue weighted by atomic mass is 10.0. The number of aromatic nitrogens is 5. The van der Waals surface area contributed by atoms with Crippen molar-refractivity contribution in [3.05, 3.63) is 48.9 Å². The summed E-state index contributed by atoms with van der Waals surface area (Å²) in [6, 6.07) is 6.78. The molecular formula is C19H13F2N6O7P. The summed E-state index contributed by atoms with van der Waals surface area (Å²) >= 11 is 0. The van der Waals surface area contributed by atoms with Gasteiger partial charge in [0.15, 0.2) is 6.10 Å². The number of halogens is 2. The summed E-state index contributed by atoms with van der Waals surface area (Å²) in [5, 5.41) is 21.7. The van der Waals surface area contributed by atoms with Crippen LogP contribution in [-0.2, 0) is 22.9 Å². The van der Waals surface area contributed by atoms with Gasteiger partial charge in [0.1, 0.15) is 18.2 Å². The maximum absolute atomic E-state index is 15.1. The third kappa shape index (κ3) is 2.87. The number of aliphatic hydroxyl groups is 1. The monoisotopic (exact) mass is 506 g/mol. The molecule has 16 heteroatoms. The van der Waals surface area contributed by atoms with Gasteiger partial charge >= 0.3 is 25.6 Å². The highest BCUT2D eigenvalue weighted by atomic mass is 31.2. The largest absolute Gasteiger partial charge is 0.486 e. The minimum atomic E-state index is -4.17. The number of carbonyl (C=O) groups is 1. The Bertz CT molecular complexity index is 1430. The first-order valence-electron chi connectivity index (χ1n) is 9.92. The van der Waals surface area contributed by atoms with E-state index in [1.807, 2.05) is 0 Å². The molecule has 0 unspecified atom stereocenters. The van der Waals surface area contributed by atoms with Crippen molar-refractivity contribution in [1.82, 2.24) is 25.2 Å². The highest BCUT2D eigenvalue weighted by Gasteiger charge is 2.91. The van der Waals surface area contributed by atoms with Crippen LogP contribution in [0, 0.1) is 5.82 Å². The van der Waals surface area contributed by atoms with E-state index in [1.54, 1.807) is 12.1 Å². The molecular weight excluding hydrogens is 493 g/mol. The standard InChI is InChI=1S/C19H13F2N6O7P/c1-2-26-24-16(23-25-26)14-6-3-10(9-22-14)12-5-4-11(7-13(12)21)27-17(29)31-18(15(28)8-20)19(27)33-35(30,32-18)34-19/h2-7,9,15,28H,1,8H2/t15-,18+,19?,35?/m0/s1. The van der Waals surface area contributed by atoms with Gasteiger partial charge in [0.05, 0.1) is 5.69 Å². The Morgan fingerprint density at radius 1 is 1.26 bits per heavy atom. The predicted octanol–water partition coefficient (Wildman–Crippen LogP) is 2.46. The number of pyridine rings is 1. The first-order valence-corrected chi connectivity index (χ1v) is 11.4. The molecule has 1 N–H and O–H groups in total. The Morgan fingerprint density at radius 2 is 2.06 bits per heavy atom. The first kappa shape index (κ1) is 21.9. The fourth-order valence-corrected chi connectivity index (χ4v) is 5.72. The molecule has 1 amide bonds. The summed E-state index contributed by atoms with van der Waals surface area (Å²) in [5.41, 5.74) is 0.767. The van der Waals surface area contributed by atoms with Gasteiger partial charge in [-0.2, -0.15) is 0 Å². The normalized spacial score (nSPS) is 29.5. The number of tetrazole rings is 1. The summed E-state index contributed by atoms with van der Waals surface area (Å²) in [6.07, 6.45) is -0.518. The van der Waals surface area contributed by atoms with Crippen LogP contribution in [0.2, 0.25) is 0 Å². The lowest BCUT2D eigenvalue weighted by Crippen LogP contribution is -2.64. The van der Waals surface area contributed by atoms with Crippen LogP contribution >= 0.6 is 7.82 Å². The number of amides is 1. The number of phosphoric acid groups is 1. The Hall–Kier alpha value is -3.62. The molecule has 6 heterocycles. The van der Waals surface area contributed by atoms with Gasteiger partial charge in [-0.25, -0.2) is 36.6 Å². The van der Waals surface area contributed by atoms with E-state index < -0.39 is 44.2 Å². The van der Waals surface area contributed by atoms with E-state index in [2.05, 4.69) is 27.0 Å². The number of ether oxygens (including phenoxy) is 1. The van der Waals surface area contributed by atoms with E-state index in [0.29, 0.717) is 16.2 Å². The molecule has 2 atom stereocenters. The van der Waals surface area contributed by atoms with Gasteiger partial charge in [-0.3, -0.25) is 4.98 Å². The third-order valence-corrected chi connectivity index (χ3v) is 7.00. The molecule has 13 nitrogen and oxygen atoms in total. The number of alkyl halides is 1. The van der Waals surface area contributed by atoms with E-state index >= 15 is 4.39 Å². The molecule has 180 valence electrons. The molecule has 2 bridgehead atoms. The zero-order valence-electron chi connectivity index (χ0n) is 17.3. The zero-order valence-corrected chi connectivity index (χ0v) is 18.2. The number of anilines is 1. The van der Waals surface area contributed by atoms with Crippen LogP contribution in [0.15, 0.2) is 43.1 Å². The highest BCUT2D eigenvalue weighted by molar-refractivity contribution is 7.50. The minimum Gasteiger partial charge on any atom is -0.404 e. The summed E-state index contributed by atoms with van der Waals surface area (Å²) < 4.78 is 60.9. The van der Waals surface area contributed by atoms with Gasteiger partial charge in [-0.15, -0.1) is 15.0 Å². The Labute approximate surface area is 194 Å². The maximum Gasteiger partial charge on any atom is 0.486 e. The minimum absolute atomic E-state index is 0.124. The Balaban J connectivity index is 1.32. The molecule has 4 saturated heterocycles. The molecule has 0 radical (unpaired) electrons. The molecule has 4 aliphatic heterocycles. The quantitative estimate of drug-likeness (QED) is 0.491. The van der Waals surface area contributed by atoms with Crippen LogP contribution in [0.3, 0.4) is 0 Å². The fourth-order valence-electron chi connectivity index (χ4n) is 4.00. The number of phosphoric ester groups is 1. The van der Waals surface area contributed by atoms with E-state index in [1.165, 1.54) is 24.5 Å². The highest BCUT2D eigenvalue weighted by Crippen LogP contribution is 2.81. The molecule has 0 saturated carbocycles. The number of hydrogen-bond acceptors (Lipinski definition) is 11. The molecule has 3 aromatic rings. The number of rotatable bonds is 6. The van der Waals surface area contributed by atoms with E-state index in [4.69, 9.17) is 18.3 Å². The molecule has 4 aliphatic rings. The Morgan fingerprint density at radius 3 is 2.69 bits per heavy atom. The van der Waals surface area contributed by atoms with Crippen molar-refractivity contribution in [2.75, 3.05) is 11.6 Å². The molecule has 2 aromatic heterocycles. The molecule has 35 heavy (non-hydrogen) atoms. The van der Waals surface area contributed by atoms with Crippen LogP contribution in [-0.4, -0.2) is 60.9 Å². The van der Waals surface area contributed by atoms with E-state index in [0.717, 1.165) is 10.9 Å². The lowest BCUT2D eigenvalue weighted by Gasteiger charge is -2.39. The van der Waals surface area contributed by atoms with Crippen LogP contribution in [0.4, 0.5) is 19.3 Å². The van der Waals surface area contributed by atoms with Crippen LogP contribution in [0.5, 0.6) is 0 Å². The SMILES string of the molecule is C=Cn1nnc(-c2ccc(-c3ccc(N4C(=O)O[C@]5([C@@H](O)CF)OP6(=O)OC45O6)cc3F)cn2)n1. The number of nitrogens with zero attached hydrogens (tertiary/aromatic N) is 6. The summed E-state index contributed by atoms with van der Waals surface area (Å²) in [7, 11) is -4.17. The van der Waals surface area contributed by atoms with Crippen LogP contribution in [0.1, 0.15) is 0 Å². The maximum atomic E-state index is 15.1. The molecule has 4 fully saturated rings. The fraction of sp³-hybridized carbons (Fsp3) is 0.211. The van der Waals surface area contributed by atoms with E-state index in [9.17, 15) is 18.9 Å². The van der Waals surface area contributed by atoms with Crippen molar-refractivity contribution < 1.29 is 41.6 Å². The molecule has 7 rings (SSSR count). The van der Waals surface area contributed by atoms with Crippen molar-refractivity contribution in [3.63, 3.8) is 0 Å². The number of hydrogen-bond donors (Lipinski definition) is 1. The van der Waals surface area contributed by atoms with E-state index in [-0.39, 0.29) is 17.1 Å².